The summed E-state index contributed by atoms with van der Waals surface area (Å²) in [7, 11) is 0. The van der Waals surface area contributed by atoms with Crippen molar-refractivity contribution in [3.05, 3.63) is 181 Å². The van der Waals surface area contributed by atoms with Gasteiger partial charge in [-0.3, -0.25) is 0 Å². The molecule has 0 N–H and O–H groups in total. The quantitative estimate of drug-likeness (QED) is 0.172. The summed E-state index contributed by atoms with van der Waals surface area (Å²) in [6.45, 7) is 4.80. The summed E-state index contributed by atoms with van der Waals surface area (Å²) in [6.07, 6.45) is 0. The lowest BCUT2D eigenvalue weighted by Gasteiger charge is -2.23. The molecule has 0 aromatic heterocycles. The molecule has 0 bridgehead atoms. The Hall–Kier alpha value is -5.98. The number of hydrogen-bond acceptors (Lipinski definition) is 0. The smallest absolute Gasteiger partial charge is 0.0165 e. The molecule has 0 radical (unpaired) electrons. The molecule has 0 fully saturated rings. The van der Waals surface area contributed by atoms with Crippen molar-refractivity contribution >= 4 is 43.1 Å². The molecule has 9 aromatic carbocycles. The summed E-state index contributed by atoms with van der Waals surface area (Å²) < 4.78 is 0. The van der Waals surface area contributed by atoms with E-state index < -0.39 is 0 Å². The lowest BCUT2D eigenvalue weighted by Crippen LogP contribution is -2.15. The van der Waals surface area contributed by atoms with E-state index in [1.54, 1.807) is 0 Å². The molecule has 0 saturated carbocycles. The van der Waals surface area contributed by atoms with E-state index in [4.69, 9.17) is 0 Å². The Morgan fingerprint density at radius 2 is 0.837 bits per heavy atom. The standard InChI is InChI=1S/C49H34/c1-49(2)44-27-13-26-42(47(44)43-29-28-32-15-4-6-20-37(32)48(43)49)46-40-23-9-7-21-38(40)45(39-22-8-10-24-41(39)46)34-18-11-17-33(30-34)36-25-12-16-31-14-3-5-19-35(31)36/h3-30H,1-2H3. The van der Waals surface area contributed by atoms with Gasteiger partial charge in [0, 0.05) is 5.41 Å². The van der Waals surface area contributed by atoms with Crippen LogP contribution in [0.3, 0.4) is 0 Å². The van der Waals surface area contributed by atoms with Crippen LogP contribution in [0.1, 0.15) is 25.0 Å². The van der Waals surface area contributed by atoms with Gasteiger partial charge in [0.05, 0.1) is 0 Å². The van der Waals surface area contributed by atoms with E-state index >= 15 is 0 Å². The first-order valence-electron chi connectivity index (χ1n) is 17.3. The normalized spacial score (nSPS) is 13.3. The number of rotatable bonds is 3. The predicted octanol–water partition coefficient (Wildman–Crippen LogP) is 13.6. The second-order valence-corrected chi connectivity index (χ2v) is 14.0. The molecule has 9 aromatic rings. The molecule has 1 aliphatic carbocycles. The highest BCUT2D eigenvalue weighted by atomic mass is 14.4. The maximum atomic E-state index is 2.40. The van der Waals surface area contributed by atoms with E-state index in [1.165, 1.54) is 98.7 Å². The Morgan fingerprint density at radius 3 is 1.55 bits per heavy atom. The van der Waals surface area contributed by atoms with E-state index in [0.717, 1.165) is 0 Å². The van der Waals surface area contributed by atoms with Crippen LogP contribution in [0.4, 0.5) is 0 Å². The minimum absolute atomic E-state index is 0.116. The fourth-order valence-corrected chi connectivity index (χ4v) is 8.91. The molecule has 1 aliphatic rings. The van der Waals surface area contributed by atoms with Crippen LogP contribution in [0.15, 0.2) is 170 Å². The van der Waals surface area contributed by atoms with Crippen LogP contribution in [0.5, 0.6) is 0 Å². The van der Waals surface area contributed by atoms with Gasteiger partial charge in [-0.2, -0.15) is 0 Å². The van der Waals surface area contributed by atoms with Crippen LogP contribution in [0.25, 0.3) is 87.6 Å². The van der Waals surface area contributed by atoms with Gasteiger partial charge in [-0.15, -0.1) is 0 Å². The van der Waals surface area contributed by atoms with Crippen molar-refractivity contribution in [1.29, 1.82) is 0 Å². The molecule has 0 nitrogen and oxygen atoms in total. The third kappa shape index (κ3) is 4.04. The van der Waals surface area contributed by atoms with Gasteiger partial charge in [0.25, 0.3) is 0 Å². The van der Waals surface area contributed by atoms with Crippen LogP contribution in [-0.2, 0) is 5.41 Å². The molecule has 230 valence electrons. The summed E-state index contributed by atoms with van der Waals surface area (Å²) in [5, 5.41) is 10.3. The first-order chi connectivity index (χ1) is 24.1. The fourth-order valence-electron chi connectivity index (χ4n) is 8.91. The van der Waals surface area contributed by atoms with E-state index in [9.17, 15) is 0 Å². The largest absolute Gasteiger partial charge is 0.0616 e. The van der Waals surface area contributed by atoms with Gasteiger partial charge >= 0.3 is 0 Å². The van der Waals surface area contributed by atoms with Gasteiger partial charge in [-0.1, -0.05) is 178 Å². The predicted molar refractivity (Wildman–Crippen MR) is 210 cm³/mol. The van der Waals surface area contributed by atoms with Crippen molar-refractivity contribution in [1.82, 2.24) is 0 Å². The molecule has 0 heteroatoms. The van der Waals surface area contributed by atoms with Crippen LogP contribution >= 0.6 is 0 Å². The molecule has 0 amide bonds. The Balaban J connectivity index is 1.27. The van der Waals surface area contributed by atoms with Gasteiger partial charge in [-0.05, 0) is 105 Å². The summed E-state index contributed by atoms with van der Waals surface area (Å²) in [5.74, 6) is 0. The Labute approximate surface area is 286 Å². The van der Waals surface area contributed by atoms with E-state index in [1.807, 2.05) is 0 Å². The maximum absolute atomic E-state index is 2.40. The highest BCUT2D eigenvalue weighted by Gasteiger charge is 2.38. The van der Waals surface area contributed by atoms with Crippen molar-refractivity contribution in [2.24, 2.45) is 0 Å². The van der Waals surface area contributed by atoms with Crippen molar-refractivity contribution < 1.29 is 0 Å². The third-order valence-electron chi connectivity index (χ3n) is 11.0. The van der Waals surface area contributed by atoms with E-state index in [0.29, 0.717) is 0 Å². The van der Waals surface area contributed by atoms with Gasteiger partial charge in [0.15, 0.2) is 0 Å². The SMILES string of the molecule is CC1(C)c2cccc(-c3c4ccccc4c(-c4cccc(-c5cccc6ccccc56)c4)c4ccccc34)c2-c2ccc3ccccc3c21. The van der Waals surface area contributed by atoms with Gasteiger partial charge in [0.2, 0.25) is 0 Å². The van der Waals surface area contributed by atoms with Crippen LogP contribution in [-0.4, -0.2) is 0 Å². The summed E-state index contributed by atoms with van der Waals surface area (Å²) in [6, 6.07) is 63.0. The fraction of sp³-hybridized carbons (Fsp3) is 0.0612. The molecular formula is C49H34. The summed E-state index contributed by atoms with van der Waals surface area (Å²) >= 11 is 0. The molecule has 0 aliphatic heterocycles. The zero-order valence-corrected chi connectivity index (χ0v) is 27.7. The molecule has 0 spiro atoms. The molecule has 0 unspecified atom stereocenters. The molecule has 10 rings (SSSR count). The topological polar surface area (TPSA) is 0 Å². The van der Waals surface area contributed by atoms with Crippen molar-refractivity contribution in [2.45, 2.75) is 19.3 Å². The highest BCUT2D eigenvalue weighted by Crippen LogP contribution is 2.56. The summed E-state index contributed by atoms with van der Waals surface area (Å²) in [5.41, 5.74) is 13.1. The van der Waals surface area contributed by atoms with Crippen LogP contribution in [0.2, 0.25) is 0 Å². The first kappa shape index (κ1) is 28.1. The summed E-state index contributed by atoms with van der Waals surface area (Å²) in [4.78, 5) is 0. The number of hydrogen-bond donors (Lipinski definition) is 0. The molecule has 0 heterocycles. The first-order valence-corrected chi connectivity index (χ1v) is 17.3. The molecule has 0 atom stereocenters. The zero-order chi connectivity index (χ0) is 32.7. The third-order valence-corrected chi connectivity index (χ3v) is 11.0. The highest BCUT2D eigenvalue weighted by molar-refractivity contribution is 6.23. The van der Waals surface area contributed by atoms with Crippen molar-refractivity contribution in [3.8, 4) is 44.5 Å². The zero-order valence-electron chi connectivity index (χ0n) is 27.7. The second kappa shape index (κ2) is 10.5. The molecular weight excluding hydrogens is 589 g/mol. The van der Waals surface area contributed by atoms with Crippen molar-refractivity contribution in [2.75, 3.05) is 0 Å². The lowest BCUT2D eigenvalue weighted by molar-refractivity contribution is 0.666. The Morgan fingerprint density at radius 1 is 0.327 bits per heavy atom. The maximum Gasteiger partial charge on any atom is 0.0165 e. The number of benzene rings is 9. The monoisotopic (exact) mass is 622 g/mol. The van der Waals surface area contributed by atoms with E-state index in [-0.39, 0.29) is 5.41 Å². The van der Waals surface area contributed by atoms with Gasteiger partial charge < -0.3 is 0 Å². The average molecular weight is 623 g/mol. The second-order valence-electron chi connectivity index (χ2n) is 14.0. The lowest BCUT2D eigenvalue weighted by atomic mass is 9.79. The van der Waals surface area contributed by atoms with Crippen LogP contribution < -0.4 is 0 Å². The Kier molecular flexibility index (Phi) is 6.02. The van der Waals surface area contributed by atoms with Gasteiger partial charge in [0.1, 0.15) is 0 Å². The molecule has 0 saturated heterocycles. The van der Waals surface area contributed by atoms with Crippen molar-refractivity contribution in [3.63, 3.8) is 0 Å². The van der Waals surface area contributed by atoms with E-state index in [2.05, 4.69) is 184 Å². The average Bonchev–Trinajstić information content (AvgIpc) is 3.40. The number of fused-ring (bicyclic) bond motifs is 8. The van der Waals surface area contributed by atoms with Crippen LogP contribution in [0, 0.1) is 0 Å². The van der Waals surface area contributed by atoms with Gasteiger partial charge in [-0.25, -0.2) is 0 Å². The minimum Gasteiger partial charge on any atom is -0.0616 e. The molecule has 49 heavy (non-hydrogen) atoms. The Bertz CT molecular complexity index is 2730. The minimum atomic E-state index is -0.116.